The second-order valence-corrected chi connectivity index (χ2v) is 6.88. The highest BCUT2D eigenvalue weighted by Crippen LogP contribution is 2.30. The minimum atomic E-state index is -2.85. The van der Waals surface area contributed by atoms with Gasteiger partial charge in [-0.05, 0) is 31.0 Å². The van der Waals surface area contributed by atoms with E-state index in [2.05, 4.69) is 10.6 Å². The predicted molar refractivity (Wildman–Crippen MR) is 105 cm³/mol. The summed E-state index contributed by atoms with van der Waals surface area (Å²) in [5, 5.41) is 13.4. The summed E-state index contributed by atoms with van der Waals surface area (Å²) < 4.78 is 25.2. The van der Waals surface area contributed by atoms with Gasteiger partial charge in [-0.15, -0.1) is 6.04 Å². The first kappa shape index (κ1) is 24.6. The molecular formula is C17H19Cl3F2N3O3-. The van der Waals surface area contributed by atoms with Crippen LogP contribution in [0.1, 0.15) is 41.9 Å². The minimum Gasteiger partial charge on any atom is -0.531 e. The van der Waals surface area contributed by atoms with Gasteiger partial charge in [-0.3, -0.25) is 4.68 Å². The third-order valence-corrected chi connectivity index (χ3v) is 4.18. The Kier molecular flexibility index (Phi) is 10.1. The van der Waals surface area contributed by atoms with Gasteiger partial charge in [-0.25, -0.2) is 13.6 Å². The van der Waals surface area contributed by atoms with Crippen molar-refractivity contribution in [3.8, 4) is 0 Å². The van der Waals surface area contributed by atoms with Crippen LogP contribution < -0.4 is 0 Å². The molecule has 1 aromatic carbocycles. The number of hydrogen-bond donors (Lipinski definition) is 1. The quantitative estimate of drug-likeness (QED) is 0.520. The molecular weight excluding hydrogens is 439 g/mol. The van der Waals surface area contributed by atoms with Crippen molar-refractivity contribution in [2.45, 2.75) is 32.7 Å². The van der Waals surface area contributed by atoms with Crippen molar-refractivity contribution in [2.75, 3.05) is 6.61 Å². The summed E-state index contributed by atoms with van der Waals surface area (Å²) in [7, 11) is 1.39. The van der Waals surface area contributed by atoms with Gasteiger partial charge in [0.25, 0.3) is 6.43 Å². The van der Waals surface area contributed by atoms with Crippen LogP contribution in [0.5, 0.6) is 0 Å². The lowest BCUT2D eigenvalue weighted by molar-refractivity contribution is 0.0684. The van der Waals surface area contributed by atoms with Gasteiger partial charge in [-0.1, -0.05) is 41.7 Å². The molecule has 0 radical (unpaired) electrons. The van der Waals surface area contributed by atoms with Crippen molar-refractivity contribution >= 4 is 40.8 Å². The minimum absolute atomic E-state index is 0.0103. The first-order valence-corrected chi connectivity index (χ1v) is 9.20. The Bertz CT molecular complexity index is 780. The van der Waals surface area contributed by atoms with Crippen LogP contribution in [0.25, 0.3) is 5.48 Å². The number of carbonyl (C=O) groups is 1. The molecule has 0 saturated carbocycles. The van der Waals surface area contributed by atoms with Crippen LogP contribution in [0.4, 0.5) is 8.78 Å². The van der Waals surface area contributed by atoms with Crippen LogP contribution in [0.15, 0.2) is 18.3 Å². The van der Waals surface area contributed by atoms with E-state index in [9.17, 15) is 13.6 Å². The molecule has 0 aliphatic carbocycles. The highest BCUT2D eigenvalue weighted by atomic mass is 35.5. The van der Waals surface area contributed by atoms with E-state index in [4.69, 9.17) is 44.7 Å². The molecule has 6 nitrogen and oxygen atoms in total. The molecule has 0 saturated heterocycles. The molecule has 156 valence electrons. The molecule has 0 bridgehead atoms. The van der Waals surface area contributed by atoms with Gasteiger partial charge in [0.15, 0.2) is 0 Å². The van der Waals surface area contributed by atoms with E-state index in [1.54, 1.807) is 12.1 Å². The zero-order valence-corrected chi connectivity index (χ0v) is 17.6. The molecule has 1 aromatic heterocycles. The number of alkyl halides is 2. The first-order chi connectivity index (χ1) is 13.1. The van der Waals surface area contributed by atoms with E-state index in [1.165, 1.54) is 7.05 Å². The first-order valence-electron chi connectivity index (χ1n) is 8.07. The van der Waals surface area contributed by atoms with Crippen LogP contribution in [0.3, 0.4) is 0 Å². The maximum Gasteiger partial charge on any atom is 0.339 e. The Morgan fingerprint density at radius 1 is 1.32 bits per heavy atom. The lowest BCUT2D eigenvalue weighted by atomic mass is 10.1. The number of aromatic nitrogens is 2. The number of rotatable bonds is 7. The summed E-state index contributed by atoms with van der Waals surface area (Å²) in [5.74, 6) is -1.39. The van der Waals surface area contributed by atoms with Crippen LogP contribution >= 0.6 is 34.8 Å². The zero-order valence-electron chi connectivity index (χ0n) is 15.3. The van der Waals surface area contributed by atoms with E-state index in [-0.39, 0.29) is 6.04 Å². The molecule has 2 rings (SSSR count). The number of aromatic carboxylic acids is 1. The van der Waals surface area contributed by atoms with Crippen molar-refractivity contribution in [2.24, 2.45) is 7.05 Å². The maximum absolute atomic E-state index is 12.1. The van der Waals surface area contributed by atoms with Gasteiger partial charge in [0.05, 0.1) is 0 Å². The largest absolute Gasteiger partial charge is 0.531 e. The summed E-state index contributed by atoms with van der Waals surface area (Å²) in [6.45, 7) is 4.39. The zero-order chi connectivity index (χ0) is 21.4. The van der Waals surface area contributed by atoms with Gasteiger partial charge in [0.1, 0.15) is 11.3 Å². The lowest BCUT2D eigenvalue weighted by Gasteiger charge is -2.28. The fourth-order valence-electron chi connectivity index (χ4n) is 2.13. The predicted octanol–water partition coefficient (Wildman–Crippen LogP) is 5.96. The van der Waals surface area contributed by atoms with E-state index in [1.807, 2.05) is 13.8 Å². The molecule has 1 atom stereocenters. The van der Waals surface area contributed by atoms with Gasteiger partial charge in [0, 0.05) is 34.9 Å². The highest BCUT2D eigenvalue weighted by Gasteiger charge is 2.21. The van der Waals surface area contributed by atoms with Gasteiger partial charge >= 0.3 is 5.97 Å². The van der Waals surface area contributed by atoms with Crippen LogP contribution in [0, 0.1) is 0 Å². The van der Waals surface area contributed by atoms with Gasteiger partial charge in [0.2, 0.25) is 0 Å². The second-order valence-electron chi connectivity index (χ2n) is 5.63. The topological polar surface area (TPSA) is 78.5 Å². The van der Waals surface area contributed by atoms with E-state index in [0.717, 1.165) is 16.4 Å². The average molecular weight is 458 g/mol. The second kappa shape index (κ2) is 11.5. The summed E-state index contributed by atoms with van der Waals surface area (Å²) >= 11 is 17.9. The number of hydrogen-bond acceptors (Lipinski definition) is 3. The van der Waals surface area contributed by atoms with Crippen molar-refractivity contribution in [1.29, 1.82) is 0 Å². The molecule has 0 amide bonds. The standard InChI is InChI=1S/C11H13Cl3NO.C6H6F2N2O2/c1-3-16-15-7(2)4-9-10(13)5-8(12)6-11(9)14;1-10-2-3(6(11)12)4(9-10)5(7)8/h5-7H,3-4H2,1-2H3;2,5H,1H3,(H,11,12)/q-1;. The van der Waals surface area contributed by atoms with Crippen molar-refractivity contribution in [3.05, 3.63) is 55.7 Å². The molecule has 2 aromatic rings. The Hall–Kier alpha value is -1.45. The molecule has 0 fully saturated rings. The Labute approximate surface area is 176 Å². The van der Waals surface area contributed by atoms with Crippen LogP contribution in [-0.4, -0.2) is 33.5 Å². The third-order valence-electron chi connectivity index (χ3n) is 3.28. The molecule has 1 unspecified atom stereocenters. The average Bonchev–Trinajstić information content (AvgIpc) is 2.99. The summed E-state index contributed by atoms with van der Waals surface area (Å²) in [5.41, 5.74) is 3.70. The normalized spacial score (nSPS) is 11.9. The van der Waals surface area contributed by atoms with Crippen molar-refractivity contribution in [1.82, 2.24) is 9.78 Å². The fraction of sp³-hybridized carbons (Fsp3) is 0.412. The Morgan fingerprint density at radius 2 is 1.89 bits per heavy atom. The Morgan fingerprint density at radius 3 is 2.32 bits per heavy atom. The van der Waals surface area contributed by atoms with E-state index < -0.39 is 23.7 Å². The van der Waals surface area contributed by atoms with E-state index >= 15 is 0 Å². The molecule has 0 aliphatic rings. The number of hydroxylamine groups is 1. The number of benzene rings is 1. The lowest BCUT2D eigenvalue weighted by Crippen LogP contribution is -2.07. The molecule has 0 aliphatic heterocycles. The molecule has 1 heterocycles. The smallest absolute Gasteiger partial charge is 0.339 e. The monoisotopic (exact) mass is 456 g/mol. The number of carboxylic acid groups (broad SMARTS) is 1. The number of aryl methyl sites for hydroxylation is 1. The molecule has 1 N–H and O–H groups in total. The number of carboxylic acids is 1. The fourth-order valence-corrected chi connectivity index (χ4v) is 3.10. The number of nitrogens with zero attached hydrogens (tertiary/aromatic N) is 3. The van der Waals surface area contributed by atoms with Crippen LogP contribution in [0.2, 0.25) is 15.1 Å². The third kappa shape index (κ3) is 7.52. The molecule has 28 heavy (non-hydrogen) atoms. The highest BCUT2D eigenvalue weighted by molar-refractivity contribution is 6.39. The maximum atomic E-state index is 12.1. The van der Waals surface area contributed by atoms with Gasteiger partial charge < -0.3 is 15.4 Å². The van der Waals surface area contributed by atoms with Crippen molar-refractivity contribution in [3.63, 3.8) is 0 Å². The van der Waals surface area contributed by atoms with E-state index in [0.29, 0.717) is 28.1 Å². The summed E-state index contributed by atoms with van der Waals surface area (Å²) in [4.78, 5) is 15.3. The Balaban J connectivity index is 0.000000292. The van der Waals surface area contributed by atoms with Gasteiger partial charge in [-0.2, -0.15) is 5.10 Å². The number of halogens is 5. The SMILES string of the molecule is CCO[N-]C(C)Cc1c(Cl)cc(Cl)cc1Cl.Cn1cc(C(=O)O)c(C(F)F)n1. The van der Waals surface area contributed by atoms with Crippen molar-refractivity contribution < 1.29 is 23.5 Å². The summed E-state index contributed by atoms with van der Waals surface area (Å²) in [6, 6.07) is 3.37. The van der Waals surface area contributed by atoms with Crippen LogP contribution in [-0.2, 0) is 18.3 Å². The summed E-state index contributed by atoms with van der Waals surface area (Å²) in [6.07, 6.45) is -1.17. The molecule has 11 heteroatoms. The molecule has 0 spiro atoms.